The Kier molecular flexibility index (Phi) is 6.71. The summed E-state index contributed by atoms with van der Waals surface area (Å²) in [5, 5.41) is 0. The SMILES string of the molecule is CC(C)c1ccc(CCN2CCC(N)C(C)(C)C2)cc1.Cl. The standard InChI is InChI=1S/C18H30N2.ClH/c1-14(2)16-7-5-15(6-8-16)9-11-20-12-10-17(19)18(3,4)13-20;/h5-8,14,17H,9-13,19H2,1-4H3;1H. The summed E-state index contributed by atoms with van der Waals surface area (Å²) < 4.78 is 0. The van der Waals surface area contributed by atoms with Crippen molar-refractivity contribution < 1.29 is 0 Å². The maximum atomic E-state index is 6.20. The van der Waals surface area contributed by atoms with Crippen LogP contribution in [0.25, 0.3) is 0 Å². The predicted molar refractivity (Wildman–Crippen MR) is 94.3 cm³/mol. The van der Waals surface area contributed by atoms with E-state index >= 15 is 0 Å². The van der Waals surface area contributed by atoms with E-state index < -0.39 is 0 Å². The fraction of sp³-hybridized carbons (Fsp3) is 0.667. The summed E-state index contributed by atoms with van der Waals surface area (Å²) >= 11 is 0. The van der Waals surface area contributed by atoms with Crippen molar-refractivity contribution in [1.82, 2.24) is 4.90 Å². The van der Waals surface area contributed by atoms with Crippen molar-refractivity contribution in [2.24, 2.45) is 11.1 Å². The van der Waals surface area contributed by atoms with Crippen molar-refractivity contribution in [3.8, 4) is 0 Å². The monoisotopic (exact) mass is 310 g/mol. The van der Waals surface area contributed by atoms with Crippen LogP contribution in [0, 0.1) is 5.41 Å². The molecule has 1 unspecified atom stereocenters. The third kappa shape index (κ3) is 4.98. The molecular formula is C18H31ClN2. The number of hydrogen-bond acceptors (Lipinski definition) is 2. The molecule has 0 amide bonds. The highest BCUT2D eigenvalue weighted by Gasteiger charge is 2.32. The van der Waals surface area contributed by atoms with Crippen molar-refractivity contribution in [2.75, 3.05) is 19.6 Å². The summed E-state index contributed by atoms with van der Waals surface area (Å²) in [7, 11) is 0. The smallest absolute Gasteiger partial charge is 0.0115 e. The van der Waals surface area contributed by atoms with E-state index in [0.29, 0.717) is 12.0 Å². The Hall–Kier alpha value is -0.570. The van der Waals surface area contributed by atoms with Gasteiger partial charge in [-0.2, -0.15) is 0 Å². The molecule has 1 fully saturated rings. The molecule has 120 valence electrons. The van der Waals surface area contributed by atoms with Crippen LogP contribution in [0.15, 0.2) is 24.3 Å². The van der Waals surface area contributed by atoms with E-state index in [0.717, 1.165) is 32.5 Å². The normalized spacial score (nSPS) is 22.1. The van der Waals surface area contributed by atoms with Crippen molar-refractivity contribution >= 4 is 12.4 Å². The summed E-state index contributed by atoms with van der Waals surface area (Å²) in [5.74, 6) is 0.619. The number of benzene rings is 1. The lowest BCUT2D eigenvalue weighted by atomic mass is 9.79. The van der Waals surface area contributed by atoms with Gasteiger partial charge in [0.05, 0.1) is 0 Å². The highest BCUT2D eigenvalue weighted by Crippen LogP contribution is 2.27. The van der Waals surface area contributed by atoms with Crippen LogP contribution >= 0.6 is 12.4 Å². The lowest BCUT2D eigenvalue weighted by molar-refractivity contribution is 0.0965. The van der Waals surface area contributed by atoms with Gasteiger partial charge in [0.2, 0.25) is 0 Å². The minimum atomic E-state index is 0. The second-order valence-electron chi connectivity index (χ2n) is 7.31. The highest BCUT2D eigenvalue weighted by molar-refractivity contribution is 5.85. The fourth-order valence-electron chi connectivity index (χ4n) is 3.03. The summed E-state index contributed by atoms with van der Waals surface area (Å²) in [6.07, 6.45) is 2.27. The molecule has 1 atom stereocenters. The molecule has 1 aliphatic heterocycles. The van der Waals surface area contributed by atoms with Gasteiger partial charge in [0.15, 0.2) is 0 Å². The number of halogens is 1. The third-order valence-electron chi connectivity index (χ3n) is 4.75. The van der Waals surface area contributed by atoms with Crippen LogP contribution < -0.4 is 5.73 Å². The Bertz CT molecular complexity index is 425. The average Bonchev–Trinajstić information content (AvgIpc) is 2.40. The number of nitrogens with zero attached hydrogens (tertiary/aromatic N) is 1. The second kappa shape index (κ2) is 7.62. The Morgan fingerprint density at radius 3 is 2.38 bits per heavy atom. The third-order valence-corrected chi connectivity index (χ3v) is 4.75. The van der Waals surface area contributed by atoms with E-state index in [1.807, 2.05) is 0 Å². The Morgan fingerprint density at radius 1 is 1.24 bits per heavy atom. The van der Waals surface area contributed by atoms with E-state index in [4.69, 9.17) is 5.73 Å². The van der Waals surface area contributed by atoms with Gasteiger partial charge < -0.3 is 10.6 Å². The lowest BCUT2D eigenvalue weighted by Crippen LogP contribution is -2.52. The Morgan fingerprint density at radius 2 is 1.86 bits per heavy atom. The molecule has 0 bridgehead atoms. The molecule has 0 aromatic heterocycles. The van der Waals surface area contributed by atoms with Crippen molar-refractivity contribution in [3.63, 3.8) is 0 Å². The Balaban J connectivity index is 0.00000220. The molecule has 1 aromatic carbocycles. The molecule has 2 nitrogen and oxygen atoms in total. The van der Waals surface area contributed by atoms with Gasteiger partial charge in [-0.3, -0.25) is 0 Å². The molecule has 1 heterocycles. The maximum Gasteiger partial charge on any atom is 0.0115 e. The van der Waals surface area contributed by atoms with E-state index in [9.17, 15) is 0 Å². The van der Waals surface area contributed by atoms with Gasteiger partial charge >= 0.3 is 0 Å². The topological polar surface area (TPSA) is 29.3 Å². The number of rotatable bonds is 4. The summed E-state index contributed by atoms with van der Waals surface area (Å²) in [6, 6.07) is 9.47. The van der Waals surface area contributed by atoms with Crippen LogP contribution in [0.5, 0.6) is 0 Å². The quantitative estimate of drug-likeness (QED) is 0.915. The first-order chi connectivity index (χ1) is 9.38. The number of likely N-dealkylation sites (tertiary alicyclic amines) is 1. The molecule has 2 rings (SSSR count). The largest absolute Gasteiger partial charge is 0.327 e. The first-order valence-corrected chi connectivity index (χ1v) is 7.95. The molecule has 1 aromatic rings. The molecule has 3 heteroatoms. The van der Waals surface area contributed by atoms with Crippen molar-refractivity contribution in [2.45, 2.75) is 52.5 Å². The van der Waals surface area contributed by atoms with E-state index in [1.54, 1.807) is 0 Å². The zero-order chi connectivity index (χ0) is 14.8. The van der Waals surface area contributed by atoms with Gasteiger partial charge in [-0.05, 0) is 41.8 Å². The Labute approximate surface area is 136 Å². The first-order valence-electron chi connectivity index (χ1n) is 7.95. The van der Waals surface area contributed by atoms with Gasteiger partial charge in [0.25, 0.3) is 0 Å². The van der Waals surface area contributed by atoms with Crippen LogP contribution in [-0.2, 0) is 6.42 Å². The van der Waals surface area contributed by atoms with Crippen LogP contribution in [0.1, 0.15) is 51.2 Å². The number of piperidine rings is 1. The van der Waals surface area contributed by atoms with Gasteiger partial charge in [0, 0.05) is 19.1 Å². The van der Waals surface area contributed by atoms with Crippen LogP contribution in [0.3, 0.4) is 0 Å². The van der Waals surface area contributed by atoms with Crippen LogP contribution in [-0.4, -0.2) is 30.6 Å². The molecule has 21 heavy (non-hydrogen) atoms. The summed E-state index contributed by atoms with van der Waals surface area (Å²) in [5.41, 5.74) is 9.33. The lowest BCUT2D eigenvalue weighted by Gasteiger charge is -2.42. The minimum Gasteiger partial charge on any atom is -0.327 e. The molecule has 2 N–H and O–H groups in total. The van der Waals surface area contributed by atoms with Crippen LogP contribution in [0.4, 0.5) is 0 Å². The van der Waals surface area contributed by atoms with Crippen molar-refractivity contribution in [1.29, 1.82) is 0 Å². The van der Waals surface area contributed by atoms with Crippen LogP contribution in [0.2, 0.25) is 0 Å². The predicted octanol–water partition coefficient (Wildman–Crippen LogP) is 3.83. The second-order valence-corrected chi connectivity index (χ2v) is 7.31. The molecule has 0 radical (unpaired) electrons. The molecular weight excluding hydrogens is 280 g/mol. The molecule has 0 spiro atoms. The molecule has 0 saturated carbocycles. The minimum absolute atomic E-state index is 0. The van der Waals surface area contributed by atoms with Gasteiger partial charge in [-0.25, -0.2) is 0 Å². The zero-order valence-corrected chi connectivity index (χ0v) is 14.7. The summed E-state index contributed by atoms with van der Waals surface area (Å²) in [4.78, 5) is 2.57. The summed E-state index contributed by atoms with van der Waals surface area (Å²) in [6.45, 7) is 12.5. The fourth-order valence-corrected chi connectivity index (χ4v) is 3.03. The highest BCUT2D eigenvalue weighted by atomic mass is 35.5. The van der Waals surface area contributed by atoms with Gasteiger partial charge in [-0.15, -0.1) is 12.4 Å². The molecule has 1 aliphatic rings. The van der Waals surface area contributed by atoms with Crippen molar-refractivity contribution in [3.05, 3.63) is 35.4 Å². The van der Waals surface area contributed by atoms with E-state index in [-0.39, 0.29) is 17.8 Å². The van der Waals surface area contributed by atoms with E-state index in [1.165, 1.54) is 11.1 Å². The molecule has 1 saturated heterocycles. The maximum absolute atomic E-state index is 6.20. The number of hydrogen-bond donors (Lipinski definition) is 1. The van der Waals surface area contributed by atoms with E-state index in [2.05, 4.69) is 56.9 Å². The average molecular weight is 311 g/mol. The van der Waals surface area contributed by atoms with Gasteiger partial charge in [0.1, 0.15) is 0 Å². The zero-order valence-electron chi connectivity index (χ0n) is 13.9. The van der Waals surface area contributed by atoms with Gasteiger partial charge in [-0.1, -0.05) is 52.0 Å². The molecule has 0 aliphatic carbocycles. The number of nitrogens with two attached hydrogens (primary N) is 1. The first kappa shape index (κ1) is 18.5.